The molecule has 6 heavy (non-hydrogen) atoms. The van der Waals surface area contributed by atoms with Gasteiger partial charge in [0.25, 0.3) is 0 Å². The van der Waals surface area contributed by atoms with Gasteiger partial charge < -0.3 is 4.74 Å². The van der Waals surface area contributed by atoms with Crippen molar-refractivity contribution >= 4 is 0 Å². The van der Waals surface area contributed by atoms with E-state index in [1.807, 2.05) is 0 Å². The Balaban J connectivity index is 2.81. The second-order valence-corrected chi connectivity index (χ2v) is 1.01. The zero-order valence-corrected chi connectivity index (χ0v) is 3.85. The number of rotatable bonds is 2. The summed E-state index contributed by atoms with van der Waals surface area (Å²) in [7, 11) is 0. The average Bonchev–Trinajstić information content (AvgIpc) is 1.35. The fourth-order valence-corrected chi connectivity index (χ4v) is 0.152. The quantitative estimate of drug-likeness (QED) is 0.392. The lowest BCUT2D eigenvalue weighted by atomic mass is 10.7. The van der Waals surface area contributed by atoms with Crippen molar-refractivity contribution in [3.8, 4) is 0 Å². The molecule has 0 unspecified atom stereocenters. The Bertz CT molecular complexity index is 42.8. The monoisotopic (exact) mass is 87.1 g/mol. The topological polar surface area (TPSA) is 35.2 Å². The molecule has 1 atom stereocenters. The third kappa shape index (κ3) is 3.50. The minimum Gasteiger partial charge on any atom is -0.484 e. The second-order valence-electron chi connectivity index (χ2n) is 1.01. The first kappa shape index (κ1) is 5.50. The molecule has 0 aromatic heterocycles. The van der Waals surface area contributed by atoms with Crippen LogP contribution >= 0.6 is 0 Å². The van der Waals surface area contributed by atoms with Crippen molar-refractivity contribution in [3.63, 3.8) is 0 Å². The van der Waals surface area contributed by atoms with Crippen molar-refractivity contribution in [2.24, 2.45) is 5.73 Å². The maximum atomic E-state index is 5.11. The molecule has 0 aromatic carbocycles. The van der Waals surface area contributed by atoms with Gasteiger partial charge in [-0.1, -0.05) is 6.58 Å². The Morgan fingerprint density at radius 2 is 2.50 bits per heavy atom. The Hall–Kier alpha value is -0.500. The predicted molar refractivity (Wildman–Crippen MR) is 24.9 cm³/mol. The Morgan fingerprint density at radius 1 is 2.00 bits per heavy atom. The van der Waals surface area contributed by atoms with Gasteiger partial charge >= 0.3 is 0 Å². The average molecular weight is 87.1 g/mol. The SMILES string of the molecule is C=CO[C@@H](C)N. The van der Waals surface area contributed by atoms with Gasteiger partial charge in [-0.25, -0.2) is 0 Å². The van der Waals surface area contributed by atoms with Crippen LogP contribution in [0.3, 0.4) is 0 Å². The van der Waals surface area contributed by atoms with E-state index in [4.69, 9.17) is 5.73 Å². The highest BCUT2D eigenvalue weighted by Crippen LogP contribution is 1.75. The minimum atomic E-state index is -0.220. The lowest BCUT2D eigenvalue weighted by Gasteiger charge is -1.99. The van der Waals surface area contributed by atoms with E-state index < -0.39 is 0 Å². The molecular formula is C4H9NO. The predicted octanol–water partition coefficient (Wildman–Crippen LogP) is 0.451. The normalized spacial score (nSPS) is 13.0. The van der Waals surface area contributed by atoms with E-state index in [2.05, 4.69) is 11.3 Å². The summed E-state index contributed by atoms with van der Waals surface area (Å²) >= 11 is 0. The third-order valence-electron chi connectivity index (χ3n) is 0.311. The molecule has 2 nitrogen and oxygen atoms in total. The van der Waals surface area contributed by atoms with Crippen molar-refractivity contribution in [3.05, 3.63) is 12.8 Å². The van der Waals surface area contributed by atoms with Crippen LogP contribution in [0, 0.1) is 0 Å². The summed E-state index contributed by atoms with van der Waals surface area (Å²) in [5, 5.41) is 0. The van der Waals surface area contributed by atoms with Gasteiger partial charge in [0.1, 0.15) is 6.23 Å². The Kier molecular flexibility index (Phi) is 2.50. The van der Waals surface area contributed by atoms with Crippen LogP contribution in [0.2, 0.25) is 0 Å². The summed E-state index contributed by atoms with van der Waals surface area (Å²) < 4.78 is 4.58. The van der Waals surface area contributed by atoms with E-state index in [-0.39, 0.29) is 6.23 Å². The van der Waals surface area contributed by atoms with Gasteiger partial charge in [0, 0.05) is 0 Å². The lowest BCUT2D eigenvalue weighted by molar-refractivity contribution is 0.169. The van der Waals surface area contributed by atoms with Crippen molar-refractivity contribution < 1.29 is 4.74 Å². The number of ether oxygens (including phenoxy) is 1. The summed E-state index contributed by atoms with van der Waals surface area (Å²) in [5.74, 6) is 0. The molecule has 0 aliphatic heterocycles. The van der Waals surface area contributed by atoms with Gasteiger partial charge in [0.15, 0.2) is 0 Å². The molecule has 2 heteroatoms. The highest BCUT2D eigenvalue weighted by atomic mass is 16.5. The van der Waals surface area contributed by atoms with Gasteiger partial charge in [-0.05, 0) is 6.92 Å². The first-order valence-electron chi connectivity index (χ1n) is 1.79. The van der Waals surface area contributed by atoms with E-state index in [0.29, 0.717) is 0 Å². The third-order valence-corrected chi connectivity index (χ3v) is 0.311. The van der Waals surface area contributed by atoms with E-state index in [1.165, 1.54) is 6.26 Å². The van der Waals surface area contributed by atoms with Crippen molar-refractivity contribution in [2.45, 2.75) is 13.2 Å². The van der Waals surface area contributed by atoms with E-state index >= 15 is 0 Å². The van der Waals surface area contributed by atoms with Gasteiger partial charge in [-0.3, -0.25) is 5.73 Å². The molecule has 0 aromatic rings. The zero-order chi connectivity index (χ0) is 4.99. The van der Waals surface area contributed by atoms with Gasteiger partial charge in [-0.2, -0.15) is 0 Å². The molecule has 0 heterocycles. The van der Waals surface area contributed by atoms with Crippen molar-refractivity contribution in [1.29, 1.82) is 0 Å². The van der Waals surface area contributed by atoms with E-state index in [9.17, 15) is 0 Å². The summed E-state index contributed by atoms with van der Waals surface area (Å²) in [6.07, 6.45) is 1.10. The molecule has 0 fully saturated rings. The van der Waals surface area contributed by atoms with Gasteiger partial charge in [-0.15, -0.1) is 0 Å². The summed E-state index contributed by atoms with van der Waals surface area (Å²) in [6.45, 7) is 5.04. The molecule has 0 bridgehead atoms. The van der Waals surface area contributed by atoms with E-state index in [1.54, 1.807) is 6.92 Å². The second kappa shape index (κ2) is 2.72. The fourth-order valence-electron chi connectivity index (χ4n) is 0.152. The van der Waals surface area contributed by atoms with Crippen LogP contribution in [-0.2, 0) is 4.74 Å². The molecule has 0 spiro atoms. The number of hydrogen-bond acceptors (Lipinski definition) is 2. The van der Waals surface area contributed by atoms with Crippen LogP contribution in [0.25, 0.3) is 0 Å². The first-order chi connectivity index (χ1) is 2.77. The lowest BCUT2D eigenvalue weighted by Crippen LogP contribution is -2.15. The molecule has 0 radical (unpaired) electrons. The van der Waals surface area contributed by atoms with Crippen LogP contribution in [-0.4, -0.2) is 6.23 Å². The van der Waals surface area contributed by atoms with Crippen LogP contribution in [0.5, 0.6) is 0 Å². The summed E-state index contributed by atoms with van der Waals surface area (Å²) in [6, 6.07) is 0. The molecule has 0 saturated heterocycles. The Labute approximate surface area is 37.6 Å². The summed E-state index contributed by atoms with van der Waals surface area (Å²) in [5.41, 5.74) is 5.11. The minimum absolute atomic E-state index is 0.220. The molecule has 2 N–H and O–H groups in total. The van der Waals surface area contributed by atoms with Crippen molar-refractivity contribution in [2.75, 3.05) is 0 Å². The maximum absolute atomic E-state index is 5.11. The number of nitrogens with two attached hydrogens (primary N) is 1. The molecule has 0 saturated carbocycles. The van der Waals surface area contributed by atoms with Crippen LogP contribution < -0.4 is 5.73 Å². The largest absolute Gasteiger partial charge is 0.484 e. The van der Waals surface area contributed by atoms with Gasteiger partial charge in [0.2, 0.25) is 0 Å². The Morgan fingerprint density at radius 3 is 2.50 bits per heavy atom. The van der Waals surface area contributed by atoms with Crippen LogP contribution in [0.4, 0.5) is 0 Å². The molecular weight excluding hydrogens is 78.0 g/mol. The highest BCUT2D eigenvalue weighted by molar-refractivity contribution is 4.49. The first-order valence-corrected chi connectivity index (χ1v) is 1.79. The highest BCUT2D eigenvalue weighted by Gasteiger charge is 1.80. The van der Waals surface area contributed by atoms with Crippen LogP contribution in [0.15, 0.2) is 12.8 Å². The van der Waals surface area contributed by atoms with E-state index in [0.717, 1.165) is 0 Å². The van der Waals surface area contributed by atoms with Crippen molar-refractivity contribution in [1.82, 2.24) is 0 Å². The smallest absolute Gasteiger partial charge is 0.143 e. The standard InChI is InChI=1S/C4H9NO/c1-3-6-4(2)5/h3-4H,1,5H2,2H3/t4-/m0/s1. The number of hydrogen-bond donors (Lipinski definition) is 1. The zero-order valence-electron chi connectivity index (χ0n) is 3.85. The fraction of sp³-hybridized carbons (Fsp3) is 0.500. The molecule has 0 rings (SSSR count). The molecule has 0 aliphatic carbocycles. The van der Waals surface area contributed by atoms with Crippen LogP contribution in [0.1, 0.15) is 6.92 Å². The van der Waals surface area contributed by atoms with Gasteiger partial charge in [0.05, 0.1) is 6.26 Å². The maximum Gasteiger partial charge on any atom is 0.143 e. The summed E-state index contributed by atoms with van der Waals surface area (Å²) in [4.78, 5) is 0. The molecule has 0 aliphatic rings. The molecule has 0 amide bonds. The molecule has 36 valence electrons.